The number of hydrogen-bond acceptors (Lipinski definition) is 3. The van der Waals surface area contributed by atoms with Gasteiger partial charge < -0.3 is 14.4 Å². The maximum atomic E-state index is 12.0. The summed E-state index contributed by atoms with van der Waals surface area (Å²) in [4.78, 5) is 12.0. The standard InChI is InChI=1S/C19H23NO3/c1-13(11-14-7-6-10-19(14,2)22)20-12-16(18(21)23-3)15-8-4-5-9-17(15)20/h4-5,8-9,12,14,22H,1,6-7,10-11H2,2-3H3. The van der Waals surface area contributed by atoms with Gasteiger partial charge in [0.25, 0.3) is 0 Å². The van der Waals surface area contributed by atoms with Crippen molar-refractivity contribution < 1.29 is 14.6 Å². The number of para-hydroxylation sites is 1. The Bertz CT molecular complexity index is 757. The molecule has 0 spiro atoms. The number of benzene rings is 1. The number of fused-ring (bicyclic) bond motifs is 1. The minimum atomic E-state index is -0.628. The van der Waals surface area contributed by atoms with Crippen molar-refractivity contribution in [2.45, 2.75) is 38.2 Å². The summed E-state index contributed by atoms with van der Waals surface area (Å²) in [5.41, 5.74) is 1.75. The molecular weight excluding hydrogens is 290 g/mol. The number of ether oxygens (including phenoxy) is 1. The number of hydrogen-bond donors (Lipinski definition) is 1. The largest absolute Gasteiger partial charge is 0.465 e. The van der Waals surface area contributed by atoms with Crippen molar-refractivity contribution in [1.29, 1.82) is 0 Å². The first-order chi connectivity index (χ1) is 10.9. The zero-order chi connectivity index (χ0) is 16.6. The predicted octanol–water partition coefficient (Wildman–Crippen LogP) is 3.84. The van der Waals surface area contributed by atoms with Crippen LogP contribution in [0.5, 0.6) is 0 Å². The summed E-state index contributed by atoms with van der Waals surface area (Å²) >= 11 is 0. The Hall–Kier alpha value is -2.07. The summed E-state index contributed by atoms with van der Waals surface area (Å²) in [7, 11) is 1.39. The van der Waals surface area contributed by atoms with Gasteiger partial charge in [-0.2, -0.15) is 0 Å². The van der Waals surface area contributed by atoms with Gasteiger partial charge in [0.1, 0.15) is 0 Å². The van der Waals surface area contributed by atoms with Crippen LogP contribution < -0.4 is 0 Å². The van der Waals surface area contributed by atoms with Gasteiger partial charge in [-0.3, -0.25) is 0 Å². The van der Waals surface area contributed by atoms with Gasteiger partial charge in [-0.15, -0.1) is 0 Å². The molecule has 1 aromatic heterocycles. The smallest absolute Gasteiger partial charge is 0.340 e. The second kappa shape index (κ2) is 5.85. The molecule has 0 bridgehead atoms. The first kappa shape index (κ1) is 15.8. The first-order valence-electron chi connectivity index (χ1n) is 8.03. The van der Waals surface area contributed by atoms with E-state index in [2.05, 4.69) is 6.58 Å². The molecule has 122 valence electrons. The van der Waals surface area contributed by atoms with E-state index in [-0.39, 0.29) is 11.9 Å². The molecule has 1 aliphatic carbocycles. The molecule has 0 saturated heterocycles. The summed E-state index contributed by atoms with van der Waals surface area (Å²) < 4.78 is 6.84. The second-order valence-electron chi connectivity index (χ2n) is 6.64. The van der Waals surface area contributed by atoms with E-state index in [0.717, 1.165) is 35.9 Å². The third-order valence-electron chi connectivity index (χ3n) is 5.05. The maximum Gasteiger partial charge on any atom is 0.340 e. The molecule has 3 rings (SSSR count). The molecule has 0 radical (unpaired) electrons. The Labute approximate surface area is 136 Å². The fraction of sp³-hybridized carbons (Fsp3) is 0.421. The number of carbonyl (C=O) groups excluding carboxylic acids is 1. The summed E-state index contributed by atoms with van der Waals surface area (Å²) in [6, 6.07) is 7.74. The van der Waals surface area contributed by atoms with E-state index in [1.807, 2.05) is 35.8 Å². The number of allylic oxidation sites excluding steroid dienone is 1. The summed E-state index contributed by atoms with van der Waals surface area (Å²) in [5.74, 6) is -0.140. The SMILES string of the molecule is C=C(CC1CCCC1(C)O)n1cc(C(=O)OC)c2ccccc21. The lowest BCUT2D eigenvalue weighted by Gasteiger charge is -2.26. The lowest BCUT2D eigenvalue weighted by atomic mass is 9.89. The van der Waals surface area contributed by atoms with Gasteiger partial charge in [0.2, 0.25) is 0 Å². The molecule has 1 saturated carbocycles. The van der Waals surface area contributed by atoms with Gasteiger partial charge in [-0.1, -0.05) is 31.2 Å². The van der Waals surface area contributed by atoms with Gasteiger partial charge in [0.15, 0.2) is 0 Å². The number of carbonyl (C=O) groups is 1. The monoisotopic (exact) mass is 313 g/mol. The van der Waals surface area contributed by atoms with E-state index in [0.29, 0.717) is 12.0 Å². The minimum Gasteiger partial charge on any atom is -0.465 e. The lowest BCUT2D eigenvalue weighted by Crippen LogP contribution is -2.29. The average molecular weight is 313 g/mol. The van der Waals surface area contributed by atoms with Gasteiger partial charge >= 0.3 is 5.97 Å². The lowest BCUT2D eigenvalue weighted by molar-refractivity contribution is 0.0228. The molecule has 4 heteroatoms. The number of esters is 1. The van der Waals surface area contributed by atoms with Gasteiger partial charge in [-0.25, -0.2) is 4.79 Å². The van der Waals surface area contributed by atoms with E-state index in [1.165, 1.54) is 7.11 Å². The van der Waals surface area contributed by atoms with Crippen LogP contribution >= 0.6 is 0 Å². The van der Waals surface area contributed by atoms with Gasteiger partial charge in [-0.05, 0) is 38.2 Å². The fourth-order valence-corrected chi connectivity index (χ4v) is 3.64. The molecule has 1 fully saturated rings. The van der Waals surface area contributed by atoms with Crippen molar-refractivity contribution >= 4 is 22.6 Å². The van der Waals surface area contributed by atoms with Crippen molar-refractivity contribution in [3.63, 3.8) is 0 Å². The van der Waals surface area contributed by atoms with Crippen LogP contribution in [0.4, 0.5) is 0 Å². The summed E-state index contributed by atoms with van der Waals surface area (Å²) in [5, 5.41) is 11.3. The van der Waals surface area contributed by atoms with Crippen molar-refractivity contribution in [2.24, 2.45) is 5.92 Å². The van der Waals surface area contributed by atoms with Crippen LogP contribution in [0.15, 0.2) is 37.0 Å². The zero-order valence-corrected chi connectivity index (χ0v) is 13.7. The zero-order valence-electron chi connectivity index (χ0n) is 13.7. The second-order valence-corrected chi connectivity index (χ2v) is 6.64. The van der Waals surface area contributed by atoms with Crippen LogP contribution in [-0.4, -0.2) is 28.4 Å². The molecule has 0 amide bonds. The Kier molecular flexibility index (Phi) is 4.02. The van der Waals surface area contributed by atoms with Crippen LogP contribution in [0, 0.1) is 5.92 Å². The molecule has 2 aromatic rings. The topological polar surface area (TPSA) is 51.5 Å². The molecule has 1 heterocycles. The Balaban J connectivity index is 1.96. The van der Waals surface area contributed by atoms with Gasteiger partial charge in [0, 0.05) is 17.3 Å². The Morgan fingerprint density at radius 3 is 2.87 bits per heavy atom. The van der Waals surface area contributed by atoms with E-state index in [1.54, 1.807) is 6.20 Å². The number of rotatable bonds is 4. The van der Waals surface area contributed by atoms with E-state index in [4.69, 9.17) is 4.74 Å². The van der Waals surface area contributed by atoms with Crippen molar-refractivity contribution in [3.05, 3.63) is 42.6 Å². The number of methoxy groups -OCH3 is 1. The number of aliphatic hydroxyl groups is 1. The predicted molar refractivity (Wildman–Crippen MR) is 91.2 cm³/mol. The van der Waals surface area contributed by atoms with Crippen LogP contribution in [0.3, 0.4) is 0 Å². The van der Waals surface area contributed by atoms with Crippen LogP contribution in [0.1, 0.15) is 43.0 Å². The van der Waals surface area contributed by atoms with E-state index in [9.17, 15) is 9.90 Å². The quantitative estimate of drug-likeness (QED) is 0.873. The molecule has 4 nitrogen and oxygen atoms in total. The summed E-state index contributed by atoms with van der Waals surface area (Å²) in [6.45, 7) is 6.11. The molecule has 2 atom stereocenters. The maximum absolute atomic E-state index is 12.0. The number of nitrogens with zero attached hydrogens (tertiary/aromatic N) is 1. The molecule has 0 aliphatic heterocycles. The molecule has 1 aliphatic rings. The van der Waals surface area contributed by atoms with Crippen molar-refractivity contribution in [2.75, 3.05) is 7.11 Å². The van der Waals surface area contributed by atoms with E-state index < -0.39 is 5.60 Å². The average Bonchev–Trinajstić information content (AvgIpc) is 3.07. The molecule has 23 heavy (non-hydrogen) atoms. The fourth-order valence-electron chi connectivity index (χ4n) is 3.64. The highest BCUT2D eigenvalue weighted by molar-refractivity contribution is 6.05. The van der Waals surface area contributed by atoms with E-state index >= 15 is 0 Å². The van der Waals surface area contributed by atoms with Crippen molar-refractivity contribution in [3.8, 4) is 0 Å². The van der Waals surface area contributed by atoms with Gasteiger partial charge in [0.05, 0.1) is 23.8 Å². The first-order valence-corrected chi connectivity index (χ1v) is 8.03. The molecular formula is C19H23NO3. The highest BCUT2D eigenvalue weighted by atomic mass is 16.5. The van der Waals surface area contributed by atoms with Crippen LogP contribution in [0.25, 0.3) is 16.6 Å². The third kappa shape index (κ3) is 2.79. The van der Waals surface area contributed by atoms with Crippen molar-refractivity contribution in [1.82, 2.24) is 4.57 Å². The molecule has 1 N–H and O–H groups in total. The molecule has 2 unspecified atom stereocenters. The highest BCUT2D eigenvalue weighted by Crippen LogP contribution is 2.40. The van der Waals surface area contributed by atoms with Crippen LogP contribution in [-0.2, 0) is 4.74 Å². The van der Waals surface area contributed by atoms with Crippen LogP contribution in [0.2, 0.25) is 0 Å². The Morgan fingerprint density at radius 1 is 1.48 bits per heavy atom. The number of aromatic nitrogens is 1. The third-order valence-corrected chi connectivity index (χ3v) is 5.05. The normalized spacial score (nSPS) is 24.0. The summed E-state index contributed by atoms with van der Waals surface area (Å²) in [6.07, 6.45) is 5.40. The highest BCUT2D eigenvalue weighted by Gasteiger charge is 2.37. The molecule has 1 aromatic carbocycles. The minimum absolute atomic E-state index is 0.206. The Morgan fingerprint density at radius 2 is 2.22 bits per heavy atom.